The van der Waals surface area contributed by atoms with Crippen LogP contribution in [-0.4, -0.2) is 123 Å². The van der Waals surface area contributed by atoms with Crippen LogP contribution in [0.3, 0.4) is 0 Å². The number of carbonyl (C=O) groups excluding carboxylic acids is 2. The molecule has 16 unspecified atom stereocenters. The Morgan fingerprint density at radius 2 is 1.80 bits per heavy atom. The molecule has 1 saturated heterocycles. The first kappa shape index (κ1) is 52.2. The number of hydrogen-bond acceptors (Lipinski definition) is 14. The zero-order chi connectivity index (χ0) is 50.1. The van der Waals surface area contributed by atoms with E-state index < -0.39 is 60.4 Å². The average Bonchev–Trinajstić information content (AvgIpc) is 3.33. The van der Waals surface area contributed by atoms with Gasteiger partial charge in [0.25, 0.3) is 0 Å². The van der Waals surface area contributed by atoms with Crippen LogP contribution in [0.2, 0.25) is 0 Å². The van der Waals surface area contributed by atoms with Crippen LogP contribution in [0.4, 0.5) is 0 Å². The van der Waals surface area contributed by atoms with Gasteiger partial charge in [0, 0.05) is 37.7 Å². The number of aliphatic hydroxyl groups excluding tert-OH is 5. The molecule has 2 heterocycles. The van der Waals surface area contributed by atoms with Crippen molar-refractivity contribution in [3.63, 3.8) is 0 Å². The second-order valence-electron chi connectivity index (χ2n) is 22.0. The van der Waals surface area contributed by atoms with E-state index in [1.54, 1.807) is 31.2 Å². The van der Waals surface area contributed by atoms with E-state index >= 15 is 4.79 Å². The molecule has 0 amide bonds. The van der Waals surface area contributed by atoms with Crippen molar-refractivity contribution in [3.05, 3.63) is 88.5 Å². The molecule has 1 spiro atoms. The number of phenolic OH excluding ortho intramolecular Hbond substituents is 1. The Kier molecular flexibility index (Phi) is 16.4. The minimum Gasteiger partial charge on any atom is -0.504 e. The molecule has 2 aromatic rings. The van der Waals surface area contributed by atoms with Crippen molar-refractivity contribution in [3.8, 4) is 11.5 Å². The molecule has 6 aliphatic rings. The molecule has 2 aliphatic heterocycles. The van der Waals surface area contributed by atoms with Crippen molar-refractivity contribution in [2.75, 3.05) is 26.9 Å². The number of esters is 2. The monoisotopic (exact) mass is 972 g/mol. The average molecular weight is 972 g/mol. The highest BCUT2D eigenvalue weighted by atomic mass is 16.7. The van der Waals surface area contributed by atoms with E-state index in [9.17, 15) is 40.5 Å². The summed E-state index contributed by atoms with van der Waals surface area (Å²) in [4.78, 5) is 29.4. The summed E-state index contributed by atoms with van der Waals surface area (Å²) in [6.07, 6.45) is 8.86. The van der Waals surface area contributed by atoms with Gasteiger partial charge in [-0.05, 0) is 165 Å². The van der Waals surface area contributed by atoms with Crippen molar-refractivity contribution >= 4 is 18.0 Å². The largest absolute Gasteiger partial charge is 0.504 e. The minimum atomic E-state index is -2.36. The van der Waals surface area contributed by atoms with E-state index in [2.05, 4.69) is 38.2 Å². The molecule has 16 atom stereocenters. The predicted molar refractivity (Wildman–Crippen MR) is 262 cm³/mol. The Balaban J connectivity index is 1.10. The molecule has 14 nitrogen and oxygen atoms in total. The molecule has 3 fully saturated rings. The molecule has 8 N–H and O–H groups in total. The zero-order valence-corrected chi connectivity index (χ0v) is 41.5. The summed E-state index contributed by atoms with van der Waals surface area (Å²) in [7, 11) is 1.41. The van der Waals surface area contributed by atoms with E-state index in [-0.39, 0.29) is 84.7 Å². The predicted octanol–water partition coefficient (Wildman–Crippen LogP) is 5.66. The van der Waals surface area contributed by atoms with E-state index in [1.807, 2.05) is 18.2 Å². The number of phenols is 1. The number of methoxy groups -OCH3 is 1. The van der Waals surface area contributed by atoms with Gasteiger partial charge in [0.1, 0.15) is 12.2 Å². The number of aliphatic hydroxyl groups is 6. The fraction of sp³-hybridized carbons (Fsp3) is 0.643. The Hall–Kier alpha value is -4.12. The molecule has 0 radical (unpaired) electrons. The highest BCUT2D eigenvalue weighted by Gasteiger charge is 2.61. The highest BCUT2D eigenvalue weighted by Crippen LogP contribution is 2.62. The Bertz CT molecular complexity index is 2260. The quantitative estimate of drug-likeness (QED) is 0.0513. The van der Waals surface area contributed by atoms with Crippen LogP contribution in [0, 0.1) is 46.8 Å². The number of nitrogens with one attached hydrogen (secondary N) is 1. The summed E-state index contributed by atoms with van der Waals surface area (Å²) in [6, 6.07) is 9.91. The van der Waals surface area contributed by atoms with Gasteiger partial charge in [-0.15, -0.1) is 0 Å². The van der Waals surface area contributed by atoms with Gasteiger partial charge < -0.3 is 60.0 Å². The maximum Gasteiger partial charge on any atom is 0.334 e. The number of benzene rings is 2. The molecule has 384 valence electrons. The lowest BCUT2D eigenvalue weighted by Crippen LogP contribution is -2.71. The number of aromatic hydroxyl groups is 1. The molecule has 2 saturated carbocycles. The van der Waals surface area contributed by atoms with Crippen LogP contribution in [0.1, 0.15) is 114 Å². The number of rotatable bonds is 18. The van der Waals surface area contributed by atoms with Crippen molar-refractivity contribution in [2.24, 2.45) is 46.8 Å². The third-order valence-electron chi connectivity index (χ3n) is 16.9. The molecule has 14 heteroatoms. The number of hydrogen-bond donors (Lipinski definition) is 8. The first-order valence-corrected chi connectivity index (χ1v) is 25.8. The smallest absolute Gasteiger partial charge is 0.334 e. The van der Waals surface area contributed by atoms with Gasteiger partial charge in [0.2, 0.25) is 5.79 Å². The van der Waals surface area contributed by atoms with Gasteiger partial charge in [-0.2, -0.15) is 0 Å². The van der Waals surface area contributed by atoms with Crippen LogP contribution in [0.25, 0.3) is 6.08 Å². The van der Waals surface area contributed by atoms with E-state index in [4.69, 9.17) is 18.9 Å². The Morgan fingerprint density at radius 1 is 1.00 bits per heavy atom. The molecule has 2 aromatic carbocycles. The lowest BCUT2D eigenvalue weighted by molar-refractivity contribution is -0.333. The molecule has 8 rings (SSSR count). The van der Waals surface area contributed by atoms with E-state index in [0.717, 1.165) is 48.8 Å². The molecular formula is C56H77NO13. The summed E-state index contributed by atoms with van der Waals surface area (Å²) in [5.41, 5.74) is 3.26. The third kappa shape index (κ3) is 10.8. The SMILES string of the molecule is COc1cc(C=C(CC2c3cc(CCO)ccc3CCC2CO)C(=O)OC2C(OC(=O)CCC3CC(C)C4CCC5C(O)C(CC(C)C)C=CC35C4)C(O)C3OC2(O)C=CC3NCC(C)O)ccc1O. The maximum absolute atomic E-state index is 15.0. The van der Waals surface area contributed by atoms with Crippen LogP contribution in [-0.2, 0) is 36.6 Å². The summed E-state index contributed by atoms with van der Waals surface area (Å²) in [5, 5.41) is 80.6. The van der Waals surface area contributed by atoms with Gasteiger partial charge in [0.05, 0.1) is 25.4 Å². The van der Waals surface area contributed by atoms with E-state index in [0.29, 0.717) is 49.0 Å². The van der Waals surface area contributed by atoms with Crippen LogP contribution >= 0.6 is 0 Å². The normalized spacial score (nSPS) is 35.9. The Labute approximate surface area is 412 Å². The summed E-state index contributed by atoms with van der Waals surface area (Å²) in [5.74, 6) is -2.77. The van der Waals surface area contributed by atoms with Crippen LogP contribution < -0.4 is 10.1 Å². The number of carbonyl (C=O) groups is 2. The molecule has 0 aromatic heterocycles. The lowest BCUT2D eigenvalue weighted by atomic mass is 9.46. The fourth-order valence-corrected chi connectivity index (χ4v) is 13.3. The minimum absolute atomic E-state index is 0.0149. The van der Waals surface area contributed by atoms with Crippen molar-refractivity contribution in [1.29, 1.82) is 0 Å². The summed E-state index contributed by atoms with van der Waals surface area (Å²) >= 11 is 0. The maximum atomic E-state index is 15.0. The second-order valence-corrected chi connectivity index (χ2v) is 22.0. The highest BCUT2D eigenvalue weighted by molar-refractivity contribution is 5.94. The van der Waals surface area contributed by atoms with E-state index in [1.165, 1.54) is 19.3 Å². The summed E-state index contributed by atoms with van der Waals surface area (Å²) < 4.78 is 24.1. The van der Waals surface area contributed by atoms with Gasteiger partial charge >= 0.3 is 11.9 Å². The first-order valence-electron chi connectivity index (χ1n) is 25.8. The number of allylic oxidation sites excluding steroid dienone is 1. The van der Waals surface area contributed by atoms with Crippen molar-refractivity contribution < 1.29 is 64.3 Å². The number of aryl methyl sites for hydroxylation is 1. The number of ether oxygens (including phenoxy) is 4. The number of fused-ring (bicyclic) bond motifs is 4. The van der Waals surface area contributed by atoms with Gasteiger partial charge in [0.15, 0.2) is 23.7 Å². The second kappa shape index (κ2) is 21.9. The molecular weight excluding hydrogens is 895 g/mol. The third-order valence-corrected chi connectivity index (χ3v) is 16.9. The van der Waals surface area contributed by atoms with Gasteiger partial charge in [-0.25, -0.2) is 4.79 Å². The van der Waals surface area contributed by atoms with Crippen molar-refractivity contribution in [2.45, 2.75) is 153 Å². The fourth-order valence-electron chi connectivity index (χ4n) is 13.3. The topological polar surface area (TPSA) is 225 Å². The zero-order valence-electron chi connectivity index (χ0n) is 41.5. The van der Waals surface area contributed by atoms with Crippen LogP contribution in [0.15, 0.2) is 66.3 Å². The van der Waals surface area contributed by atoms with Gasteiger partial charge in [-0.3, -0.25) is 4.79 Å². The molecule has 70 heavy (non-hydrogen) atoms. The summed E-state index contributed by atoms with van der Waals surface area (Å²) in [6.45, 7) is 8.17. The Morgan fingerprint density at radius 3 is 2.53 bits per heavy atom. The molecule has 4 bridgehead atoms. The van der Waals surface area contributed by atoms with Crippen molar-refractivity contribution in [1.82, 2.24) is 5.32 Å². The molecule has 4 aliphatic carbocycles. The first-order chi connectivity index (χ1) is 33.5. The van der Waals surface area contributed by atoms with Gasteiger partial charge in [-0.1, -0.05) is 63.3 Å². The standard InChI is InChI=1S/C56H77NO13/c1-31(2)22-37-16-19-55-28-38(11-13-44(55)49(37)63)32(3)23-41(55)12-15-48(62)68-52-50(64)51-45(57-29-33(4)60)17-20-56(66,70-51)53(52)69-54(65)40(24-35-7-14-46(61)47(26-35)67-5)27-43-39(30-59)10-9-36-8-6-34(18-21-58)25-42(36)43/h6-8,14,16-17,19-20,24-26,31-33,37-39,41,43-45,49-53,57-61,63-64,66H,9-13,15,18,21-23,27-30H2,1-5H3. The van der Waals surface area contributed by atoms with Crippen LogP contribution in [0.5, 0.6) is 11.5 Å². The lowest BCUT2D eigenvalue weighted by Gasteiger charge is -2.59.